The van der Waals surface area contributed by atoms with Crippen LogP contribution in [0.1, 0.15) is 26.7 Å². The molecule has 3 heteroatoms. The summed E-state index contributed by atoms with van der Waals surface area (Å²) in [5.41, 5.74) is 1.02. The van der Waals surface area contributed by atoms with Gasteiger partial charge in [-0.3, -0.25) is 0 Å². The Morgan fingerprint density at radius 2 is 2.50 bits per heavy atom. The molecule has 66 valence electrons. The monoisotopic (exact) mass is 167 g/mol. The van der Waals surface area contributed by atoms with Gasteiger partial charge in [0.1, 0.15) is 6.07 Å². The average molecular weight is 167 g/mol. The van der Waals surface area contributed by atoms with Crippen LogP contribution in [0.3, 0.4) is 0 Å². The molecule has 1 rings (SSSR count). The summed E-state index contributed by atoms with van der Waals surface area (Å²) in [7, 11) is 0. The second-order valence-corrected chi connectivity index (χ2v) is 2.76. The first-order chi connectivity index (χ1) is 5.77. The Kier molecular flexibility index (Phi) is 3.12. The van der Waals surface area contributed by atoms with E-state index in [1.54, 1.807) is 0 Å². The predicted molar refractivity (Wildman–Crippen MR) is 44.0 cm³/mol. The van der Waals surface area contributed by atoms with Crippen LogP contribution >= 0.6 is 0 Å². The normalized spacial score (nSPS) is 23.2. The van der Waals surface area contributed by atoms with Gasteiger partial charge in [0.2, 0.25) is 6.29 Å². The maximum Gasteiger partial charge on any atom is 0.201 e. The molecule has 0 bridgehead atoms. The van der Waals surface area contributed by atoms with E-state index in [9.17, 15) is 0 Å². The molecule has 0 fully saturated rings. The van der Waals surface area contributed by atoms with Gasteiger partial charge in [-0.25, -0.2) is 0 Å². The van der Waals surface area contributed by atoms with E-state index in [4.69, 9.17) is 14.7 Å². The van der Waals surface area contributed by atoms with Gasteiger partial charge in [-0.2, -0.15) is 5.26 Å². The first kappa shape index (κ1) is 9.08. The highest BCUT2D eigenvalue weighted by Gasteiger charge is 2.19. The van der Waals surface area contributed by atoms with Crippen LogP contribution in [0.2, 0.25) is 0 Å². The fourth-order valence-electron chi connectivity index (χ4n) is 1.16. The third-order valence-electron chi connectivity index (χ3n) is 1.85. The van der Waals surface area contributed by atoms with Gasteiger partial charge in [-0.15, -0.1) is 0 Å². The second kappa shape index (κ2) is 4.13. The van der Waals surface area contributed by atoms with Crippen molar-refractivity contribution in [3.05, 3.63) is 11.3 Å². The first-order valence-electron chi connectivity index (χ1n) is 4.16. The molecule has 0 radical (unpaired) electrons. The van der Waals surface area contributed by atoms with E-state index in [-0.39, 0.29) is 6.29 Å². The van der Waals surface area contributed by atoms with Gasteiger partial charge < -0.3 is 9.47 Å². The minimum Gasteiger partial charge on any atom is -0.455 e. The molecule has 0 spiro atoms. The minimum atomic E-state index is -0.214. The molecule has 0 saturated heterocycles. The number of allylic oxidation sites excluding steroid dienone is 2. The predicted octanol–water partition coefficient (Wildman–Crippen LogP) is 1.96. The molecule has 1 heterocycles. The van der Waals surface area contributed by atoms with Crippen LogP contribution in [0.4, 0.5) is 0 Å². The topological polar surface area (TPSA) is 42.2 Å². The zero-order valence-electron chi connectivity index (χ0n) is 7.46. The van der Waals surface area contributed by atoms with Crippen molar-refractivity contribution in [3.8, 4) is 6.07 Å². The van der Waals surface area contributed by atoms with Crippen molar-refractivity contribution in [3.63, 3.8) is 0 Å². The van der Waals surface area contributed by atoms with Crippen molar-refractivity contribution in [1.29, 1.82) is 5.26 Å². The second-order valence-electron chi connectivity index (χ2n) is 2.76. The van der Waals surface area contributed by atoms with Crippen molar-refractivity contribution >= 4 is 0 Å². The highest BCUT2D eigenvalue weighted by atomic mass is 16.7. The summed E-state index contributed by atoms with van der Waals surface area (Å²) < 4.78 is 10.5. The van der Waals surface area contributed by atoms with Gasteiger partial charge in [0.25, 0.3) is 0 Å². The highest BCUT2D eigenvalue weighted by molar-refractivity contribution is 5.22. The lowest BCUT2D eigenvalue weighted by Crippen LogP contribution is -2.21. The molecule has 0 saturated carbocycles. The molecule has 12 heavy (non-hydrogen) atoms. The van der Waals surface area contributed by atoms with E-state index >= 15 is 0 Å². The Morgan fingerprint density at radius 3 is 3.08 bits per heavy atom. The minimum absolute atomic E-state index is 0.214. The number of hydrogen-bond acceptors (Lipinski definition) is 3. The third-order valence-corrected chi connectivity index (χ3v) is 1.85. The zero-order chi connectivity index (χ0) is 8.97. The van der Waals surface area contributed by atoms with Gasteiger partial charge in [-0.05, 0) is 25.8 Å². The molecule has 0 unspecified atom stereocenters. The van der Waals surface area contributed by atoms with Crippen LogP contribution in [0.15, 0.2) is 11.3 Å². The smallest absolute Gasteiger partial charge is 0.201 e. The fraction of sp³-hybridized carbons (Fsp3) is 0.667. The van der Waals surface area contributed by atoms with E-state index in [1.165, 1.54) is 0 Å². The molecule has 0 aromatic rings. The Balaban J connectivity index is 2.57. The molecule has 1 aliphatic heterocycles. The maximum atomic E-state index is 8.66. The number of nitrogens with zero attached hydrogens (tertiary/aromatic N) is 1. The Morgan fingerprint density at radius 1 is 1.75 bits per heavy atom. The summed E-state index contributed by atoms with van der Waals surface area (Å²) in [6.45, 7) is 4.46. The molecule has 0 aromatic carbocycles. The van der Waals surface area contributed by atoms with Gasteiger partial charge in [0.05, 0.1) is 0 Å². The Bertz CT molecular complexity index is 227. The van der Waals surface area contributed by atoms with Crippen molar-refractivity contribution < 1.29 is 9.47 Å². The van der Waals surface area contributed by atoms with E-state index in [0.717, 1.165) is 18.4 Å². The van der Waals surface area contributed by atoms with Gasteiger partial charge in [-0.1, -0.05) is 0 Å². The quantitative estimate of drug-likeness (QED) is 0.631. The van der Waals surface area contributed by atoms with Crippen molar-refractivity contribution in [2.75, 3.05) is 6.61 Å². The Hall–Kier alpha value is -1.01. The zero-order valence-corrected chi connectivity index (χ0v) is 7.46. The number of nitriles is 1. The van der Waals surface area contributed by atoms with Crippen molar-refractivity contribution in [2.24, 2.45) is 0 Å². The molecule has 1 aliphatic rings. The summed E-state index contributed by atoms with van der Waals surface area (Å²) >= 11 is 0. The van der Waals surface area contributed by atoms with E-state index < -0.39 is 0 Å². The van der Waals surface area contributed by atoms with Crippen LogP contribution in [0, 0.1) is 11.3 Å². The summed E-state index contributed by atoms with van der Waals surface area (Å²) in [6.07, 6.45) is 1.53. The largest absolute Gasteiger partial charge is 0.455 e. The number of hydrogen-bond donors (Lipinski definition) is 0. The van der Waals surface area contributed by atoms with E-state index in [0.29, 0.717) is 12.4 Å². The molecule has 3 nitrogen and oxygen atoms in total. The van der Waals surface area contributed by atoms with Gasteiger partial charge >= 0.3 is 0 Å². The SMILES string of the molecule is CCO[C@H]1CCC(C)=C(C#N)O1. The molecule has 0 amide bonds. The molecule has 0 aromatic heterocycles. The van der Waals surface area contributed by atoms with E-state index in [1.807, 2.05) is 19.9 Å². The third kappa shape index (κ3) is 1.99. The van der Waals surface area contributed by atoms with Crippen LogP contribution in [0.25, 0.3) is 0 Å². The van der Waals surface area contributed by atoms with Crippen LogP contribution in [-0.2, 0) is 9.47 Å². The molecule has 1 atom stereocenters. The molecular weight excluding hydrogens is 154 g/mol. The number of rotatable bonds is 2. The standard InChI is InChI=1S/C9H13NO2/c1-3-11-9-5-4-7(2)8(6-10)12-9/h9H,3-5H2,1-2H3/t9-/m1/s1. The Labute approximate surface area is 72.6 Å². The van der Waals surface area contributed by atoms with Crippen LogP contribution < -0.4 is 0 Å². The van der Waals surface area contributed by atoms with Crippen LogP contribution in [-0.4, -0.2) is 12.9 Å². The first-order valence-corrected chi connectivity index (χ1v) is 4.16. The highest BCUT2D eigenvalue weighted by Crippen LogP contribution is 2.23. The number of ether oxygens (including phenoxy) is 2. The maximum absolute atomic E-state index is 8.66. The summed E-state index contributed by atoms with van der Waals surface area (Å²) in [5, 5.41) is 8.66. The van der Waals surface area contributed by atoms with E-state index in [2.05, 4.69) is 0 Å². The fourth-order valence-corrected chi connectivity index (χ4v) is 1.16. The summed E-state index contributed by atoms with van der Waals surface area (Å²) in [6, 6.07) is 2.02. The average Bonchev–Trinajstić information content (AvgIpc) is 2.09. The lowest BCUT2D eigenvalue weighted by molar-refractivity contribution is -0.119. The lowest BCUT2D eigenvalue weighted by atomic mass is 10.1. The van der Waals surface area contributed by atoms with Gasteiger partial charge in [0, 0.05) is 13.0 Å². The van der Waals surface area contributed by atoms with Crippen molar-refractivity contribution in [1.82, 2.24) is 0 Å². The lowest BCUT2D eigenvalue weighted by Gasteiger charge is -2.23. The summed E-state index contributed by atoms with van der Waals surface area (Å²) in [4.78, 5) is 0. The summed E-state index contributed by atoms with van der Waals surface area (Å²) in [5.74, 6) is 0.430. The molecule has 0 aliphatic carbocycles. The van der Waals surface area contributed by atoms with Gasteiger partial charge in [0.15, 0.2) is 5.76 Å². The van der Waals surface area contributed by atoms with Crippen LogP contribution in [0.5, 0.6) is 0 Å². The molecule has 0 N–H and O–H groups in total. The van der Waals surface area contributed by atoms with Crippen molar-refractivity contribution in [2.45, 2.75) is 33.0 Å². The molecular formula is C9H13NO2.